The van der Waals surface area contributed by atoms with Gasteiger partial charge in [0.15, 0.2) is 0 Å². The maximum absolute atomic E-state index is 11.8. The number of rotatable bonds is 3. The van der Waals surface area contributed by atoms with Crippen LogP contribution in [0.5, 0.6) is 0 Å². The number of fused-ring (bicyclic) bond motifs is 1. The Morgan fingerprint density at radius 2 is 1.89 bits per heavy atom. The van der Waals surface area contributed by atoms with Crippen molar-refractivity contribution in [1.29, 1.82) is 5.26 Å². The van der Waals surface area contributed by atoms with E-state index < -0.39 is 0 Å². The van der Waals surface area contributed by atoms with Gasteiger partial charge in [-0.2, -0.15) is 5.26 Å². The first-order valence-electron chi connectivity index (χ1n) is 8.79. The summed E-state index contributed by atoms with van der Waals surface area (Å²) in [6.45, 7) is 1.94. The molecule has 0 amide bonds. The number of nitriles is 1. The second-order valence-electron chi connectivity index (χ2n) is 6.47. The van der Waals surface area contributed by atoms with Gasteiger partial charge in [0.05, 0.1) is 17.3 Å². The molecule has 6 heteroatoms. The summed E-state index contributed by atoms with van der Waals surface area (Å²) in [4.78, 5) is 23.7. The van der Waals surface area contributed by atoms with Gasteiger partial charge in [-0.1, -0.05) is 12.1 Å². The van der Waals surface area contributed by atoms with Gasteiger partial charge < -0.3 is 10.3 Å². The molecule has 1 aromatic carbocycles. The van der Waals surface area contributed by atoms with Crippen LogP contribution >= 0.6 is 0 Å². The summed E-state index contributed by atoms with van der Waals surface area (Å²) in [5.41, 5.74) is 5.08. The SMILES string of the molecule is CNc1cc(-c2cc3ccc(=O)[nH]c3nc2-c2cccc(C#N)c2)cc(C)n1. The lowest BCUT2D eigenvalue weighted by atomic mass is 9.97. The fraction of sp³-hybridized carbons (Fsp3) is 0.0909. The number of anilines is 1. The number of hydrogen-bond donors (Lipinski definition) is 2. The third-order valence-electron chi connectivity index (χ3n) is 4.49. The van der Waals surface area contributed by atoms with Gasteiger partial charge in [0.25, 0.3) is 0 Å². The van der Waals surface area contributed by atoms with Gasteiger partial charge in [0.2, 0.25) is 5.56 Å². The molecule has 0 saturated carbocycles. The first-order chi connectivity index (χ1) is 13.6. The number of pyridine rings is 3. The van der Waals surface area contributed by atoms with Crippen molar-refractivity contribution >= 4 is 16.9 Å². The van der Waals surface area contributed by atoms with E-state index in [9.17, 15) is 10.1 Å². The number of benzene rings is 1. The summed E-state index contributed by atoms with van der Waals surface area (Å²) >= 11 is 0. The fourth-order valence-electron chi connectivity index (χ4n) is 3.21. The lowest BCUT2D eigenvalue weighted by Gasteiger charge is -2.13. The van der Waals surface area contributed by atoms with Crippen LogP contribution in [0.15, 0.2) is 59.4 Å². The number of nitrogens with one attached hydrogen (secondary N) is 2. The molecule has 2 N–H and O–H groups in total. The van der Waals surface area contributed by atoms with Crippen molar-refractivity contribution in [2.24, 2.45) is 0 Å². The van der Waals surface area contributed by atoms with E-state index >= 15 is 0 Å². The fourth-order valence-corrected chi connectivity index (χ4v) is 3.21. The largest absolute Gasteiger partial charge is 0.373 e. The number of aromatic nitrogens is 3. The number of aryl methyl sites for hydroxylation is 1. The summed E-state index contributed by atoms with van der Waals surface area (Å²) in [5, 5.41) is 13.2. The van der Waals surface area contributed by atoms with Gasteiger partial charge in [-0.05, 0) is 48.9 Å². The maximum Gasteiger partial charge on any atom is 0.249 e. The molecular weight excluding hydrogens is 350 g/mol. The van der Waals surface area contributed by atoms with E-state index in [1.54, 1.807) is 18.2 Å². The van der Waals surface area contributed by atoms with Gasteiger partial charge in [0, 0.05) is 35.3 Å². The predicted octanol–water partition coefficient (Wildman–Crippen LogP) is 3.87. The Hall–Kier alpha value is -3.98. The van der Waals surface area contributed by atoms with Crippen LogP contribution in [0.3, 0.4) is 0 Å². The average molecular weight is 367 g/mol. The van der Waals surface area contributed by atoms with Gasteiger partial charge >= 0.3 is 0 Å². The van der Waals surface area contributed by atoms with Crippen molar-refractivity contribution < 1.29 is 0 Å². The molecule has 136 valence electrons. The molecule has 0 atom stereocenters. The van der Waals surface area contributed by atoms with E-state index in [0.717, 1.165) is 33.6 Å². The molecule has 0 radical (unpaired) electrons. The molecule has 0 saturated heterocycles. The third-order valence-corrected chi connectivity index (χ3v) is 4.49. The second-order valence-corrected chi connectivity index (χ2v) is 6.47. The van der Waals surface area contributed by atoms with Crippen molar-refractivity contribution in [3.63, 3.8) is 0 Å². The van der Waals surface area contributed by atoms with E-state index in [1.807, 2.05) is 44.3 Å². The minimum absolute atomic E-state index is 0.207. The van der Waals surface area contributed by atoms with Gasteiger partial charge in [-0.25, -0.2) is 9.97 Å². The van der Waals surface area contributed by atoms with Crippen molar-refractivity contribution in [2.45, 2.75) is 6.92 Å². The van der Waals surface area contributed by atoms with Gasteiger partial charge in [-0.3, -0.25) is 4.79 Å². The minimum atomic E-state index is -0.207. The molecule has 6 nitrogen and oxygen atoms in total. The van der Waals surface area contributed by atoms with Crippen LogP contribution in [0.4, 0.5) is 5.82 Å². The Balaban J connectivity index is 2.06. The van der Waals surface area contributed by atoms with Crippen molar-refractivity contribution in [1.82, 2.24) is 15.0 Å². The number of aromatic amines is 1. The second kappa shape index (κ2) is 6.97. The highest BCUT2D eigenvalue weighted by atomic mass is 16.1. The zero-order chi connectivity index (χ0) is 19.7. The van der Waals surface area contributed by atoms with Gasteiger partial charge in [0.1, 0.15) is 11.5 Å². The Labute approximate surface area is 161 Å². The summed E-state index contributed by atoms with van der Waals surface area (Å²) < 4.78 is 0. The van der Waals surface area contributed by atoms with Gasteiger partial charge in [-0.15, -0.1) is 0 Å². The predicted molar refractivity (Wildman–Crippen MR) is 110 cm³/mol. The van der Waals surface area contributed by atoms with Crippen molar-refractivity contribution in [3.05, 3.63) is 76.2 Å². The minimum Gasteiger partial charge on any atom is -0.373 e. The van der Waals surface area contributed by atoms with E-state index in [-0.39, 0.29) is 5.56 Å². The highest BCUT2D eigenvalue weighted by Crippen LogP contribution is 2.34. The first-order valence-corrected chi connectivity index (χ1v) is 8.79. The summed E-state index contributed by atoms with van der Waals surface area (Å²) in [7, 11) is 1.83. The lowest BCUT2D eigenvalue weighted by Crippen LogP contribution is -2.05. The van der Waals surface area contributed by atoms with Crippen molar-refractivity contribution in [2.75, 3.05) is 12.4 Å². The molecule has 0 aliphatic rings. The monoisotopic (exact) mass is 367 g/mol. The molecule has 0 bridgehead atoms. The van der Waals surface area contributed by atoms with Crippen LogP contribution in [0.1, 0.15) is 11.3 Å². The van der Waals surface area contributed by atoms with E-state index in [4.69, 9.17) is 4.98 Å². The normalized spacial score (nSPS) is 10.6. The third kappa shape index (κ3) is 3.21. The highest BCUT2D eigenvalue weighted by Gasteiger charge is 2.14. The molecule has 3 aromatic heterocycles. The van der Waals surface area contributed by atoms with Crippen LogP contribution in [0.2, 0.25) is 0 Å². The topological polar surface area (TPSA) is 94.5 Å². The van der Waals surface area contributed by atoms with Crippen LogP contribution in [-0.4, -0.2) is 22.0 Å². The zero-order valence-corrected chi connectivity index (χ0v) is 15.4. The lowest BCUT2D eigenvalue weighted by molar-refractivity contribution is 1.19. The number of H-pyrrole nitrogens is 1. The highest BCUT2D eigenvalue weighted by molar-refractivity contribution is 5.90. The molecule has 0 aliphatic heterocycles. The van der Waals surface area contributed by atoms with E-state index in [2.05, 4.69) is 21.4 Å². The molecule has 3 heterocycles. The molecule has 4 aromatic rings. The Morgan fingerprint density at radius 3 is 2.68 bits per heavy atom. The molecule has 28 heavy (non-hydrogen) atoms. The summed E-state index contributed by atoms with van der Waals surface area (Å²) in [6, 6.07) is 18.6. The Morgan fingerprint density at radius 1 is 1.04 bits per heavy atom. The Kier molecular flexibility index (Phi) is 4.34. The van der Waals surface area contributed by atoms with Crippen molar-refractivity contribution in [3.8, 4) is 28.5 Å². The smallest absolute Gasteiger partial charge is 0.249 e. The molecule has 0 aliphatic carbocycles. The van der Waals surface area contributed by atoms with Crippen LogP contribution in [0.25, 0.3) is 33.4 Å². The Bertz CT molecular complexity index is 1300. The number of nitrogens with zero attached hydrogens (tertiary/aromatic N) is 3. The van der Waals surface area contributed by atoms with Crippen LogP contribution in [0, 0.1) is 18.3 Å². The van der Waals surface area contributed by atoms with E-state index in [0.29, 0.717) is 16.9 Å². The standard InChI is InChI=1S/C22H17N5O/c1-13-8-17(11-19(24-2)25-13)18-10-16-6-7-20(28)26-22(16)27-21(18)15-5-3-4-14(9-15)12-23/h3-11H,1-2H3,(H,24,25)(H,26,27,28). The molecule has 0 unspecified atom stereocenters. The average Bonchev–Trinajstić information content (AvgIpc) is 2.72. The summed E-state index contributed by atoms with van der Waals surface area (Å²) in [5.74, 6) is 0.758. The molecule has 0 spiro atoms. The molecule has 0 fully saturated rings. The van der Waals surface area contributed by atoms with Crippen LogP contribution < -0.4 is 10.9 Å². The summed E-state index contributed by atoms with van der Waals surface area (Å²) in [6.07, 6.45) is 0. The molecular formula is C22H17N5O. The first kappa shape index (κ1) is 17.4. The van der Waals surface area contributed by atoms with Crippen LogP contribution in [-0.2, 0) is 0 Å². The van der Waals surface area contributed by atoms with E-state index in [1.165, 1.54) is 6.07 Å². The molecule has 4 rings (SSSR count). The maximum atomic E-state index is 11.8. The quantitative estimate of drug-likeness (QED) is 0.573. The zero-order valence-electron chi connectivity index (χ0n) is 15.4. The number of hydrogen-bond acceptors (Lipinski definition) is 5.